The maximum atomic E-state index is 11.8. The highest BCUT2D eigenvalue weighted by atomic mass is 79.9. The molecule has 0 aliphatic heterocycles. The predicted octanol–water partition coefficient (Wildman–Crippen LogP) is 0.311. The third kappa shape index (κ3) is 3.42. The number of amides is 1. The van der Waals surface area contributed by atoms with E-state index in [-0.39, 0.29) is 17.1 Å². The minimum atomic E-state index is -3.66. The van der Waals surface area contributed by atoms with Crippen LogP contribution in [0.1, 0.15) is 10.5 Å². The van der Waals surface area contributed by atoms with E-state index in [4.69, 9.17) is 5.73 Å². The van der Waals surface area contributed by atoms with Crippen LogP contribution in [0.15, 0.2) is 28.2 Å². The molecule has 0 spiro atoms. The van der Waals surface area contributed by atoms with E-state index in [1.165, 1.54) is 16.8 Å². The molecule has 94 valence electrons. The molecule has 1 rings (SSSR count). The van der Waals surface area contributed by atoms with Gasteiger partial charge in [0, 0.05) is 24.3 Å². The van der Waals surface area contributed by atoms with Gasteiger partial charge in [-0.25, -0.2) is 13.1 Å². The molecule has 0 aliphatic carbocycles. The van der Waals surface area contributed by atoms with E-state index in [9.17, 15) is 13.2 Å². The molecule has 0 saturated carbocycles. The van der Waals surface area contributed by atoms with Crippen molar-refractivity contribution < 1.29 is 13.2 Å². The molecule has 8 heteroatoms. The number of rotatable bonds is 5. The van der Waals surface area contributed by atoms with Gasteiger partial charge in [0.05, 0.1) is 0 Å². The smallest absolute Gasteiger partial charge is 0.265 e. The van der Waals surface area contributed by atoms with Crippen molar-refractivity contribution >= 4 is 31.9 Å². The molecule has 0 fully saturated rings. The van der Waals surface area contributed by atoms with Gasteiger partial charge in [-0.3, -0.25) is 4.79 Å². The first-order chi connectivity index (χ1) is 7.74. The molecular weight excluding hydrogens is 310 g/mol. The van der Waals surface area contributed by atoms with Gasteiger partial charge in [-0.1, -0.05) is 22.5 Å². The minimum Gasteiger partial charge on any atom is -0.364 e. The standard InChI is InChI=1S/C9H12BrN3O3S/c1-6(10)4-12-17(15,16)7-3-8(9(11)14)13(2)5-7/h3,5,12H,1,4H2,2H3,(H2,11,14). The summed E-state index contributed by atoms with van der Waals surface area (Å²) < 4.78 is 27.8. The van der Waals surface area contributed by atoms with Crippen LogP contribution in [0.2, 0.25) is 0 Å². The Hall–Kier alpha value is -1.12. The van der Waals surface area contributed by atoms with Crippen LogP contribution < -0.4 is 10.5 Å². The molecule has 0 bridgehead atoms. The van der Waals surface area contributed by atoms with Crippen LogP contribution in [0.25, 0.3) is 0 Å². The van der Waals surface area contributed by atoms with Gasteiger partial charge in [0.1, 0.15) is 10.6 Å². The number of carbonyl (C=O) groups is 1. The lowest BCUT2D eigenvalue weighted by atomic mass is 10.4. The molecule has 17 heavy (non-hydrogen) atoms. The largest absolute Gasteiger partial charge is 0.364 e. The van der Waals surface area contributed by atoms with Crippen LogP contribution in [0, 0.1) is 0 Å². The van der Waals surface area contributed by atoms with Crippen LogP contribution in [0.4, 0.5) is 0 Å². The fourth-order valence-electron chi connectivity index (χ4n) is 1.18. The van der Waals surface area contributed by atoms with E-state index in [1.54, 1.807) is 7.05 Å². The maximum Gasteiger partial charge on any atom is 0.265 e. The Labute approximate surface area is 108 Å². The zero-order valence-electron chi connectivity index (χ0n) is 9.10. The molecule has 0 aromatic carbocycles. The highest BCUT2D eigenvalue weighted by Gasteiger charge is 2.18. The van der Waals surface area contributed by atoms with Crippen LogP contribution >= 0.6 is 15.9 Å². The van der Waals surface area contributed by atoms with Crippen molar-refractivity contribution in [3.05, 3.63) is 29.0 Å². The SMILES string of the molecule is C=C(Br)CNS(=O)(=O)c1cc(C(N)=O)n(C)c1. The molecule has 0 aliphatic rings. The number of nitrogens with two attached hydrogens (primary N) is 1. The zero-order chi connectivity index (χ0) is 13.2. The Morgan fingerprint density at radius 2 is 2.24 bits per heavy atom. The lowest BCUT2D eigenvalue weighted by Crippen LogP contribution is -2.24. The average molecular weight is 322 g/mol. The number of hydrogen-bond acceptors (Lipinski definition) is 3. The predicted molar refractivity (Wildman–Crippen MR) is 67.2 cm³/mol. The number of primary amides is 1. The number of aromatic nitrogens is 1. The summed E-state index contributed by atoms with van der Waals surface area (Å²) in [5.41, 5.74) is 5.22. The molecule has 1 aromatic rings. The number of hydrogen-bond donors (Lipinski definition) is 2. The second kappa shape index (κ2) is 5.03. The Balaban J connectivity index is 3.04. The molecule has 1 aromatic heterocycles. The minimum absolute atomic E-state index is 0.0115. The normalized spacial score (nSPS) is 11.4. The van der Waals surface area contributed by atoms with Crippen molar-refractivity contribution in [1.82, 2.24) is 9.29 Å². The quantitative estimate of drug-likeness (QED) is 0.817. The van der Waals surface area contributed by atoms with Crippen molar-refractivity contribution in [2.75, 3.05) is 6.54 Å². The van der Waals surface area contributed by atoms with Crippen LogP contribution in [-0.2, 0) is 17.1 Å². The van der Waals surface area contributed by atoms with Crippen molar-refractivity contribution in [3.8, 4) is 0 Å². The van der Waals surface area contributed by atoms with Gasteiger partial charge >= 0.3 is 0 Å². The molecule has 1 amide bonds. The van der Waals surface area contributed by atoms with Crippen LogP contribution in [0.5, 0.6) is 0 Å². The molecule has 6 nitrogen and oxygen atoms in total. The fraction of sp³-hybridized carbons (Fsp3) is 0.222. The third-order valence-corrected chi connectivity index (χ3v) is 3.65. The van der Waals surface area contributed by atoms with Gasteiger partial charge in [0.25, 0.3) is 5.91 Å². The summed E-state index contributed by atoms with van der Waals surface area (Å²) in [6, 6.07) is 1.22. The van der Waals surface area contributed by atoms with Crippen molar-refractivity contribution in [2.45, 2.75) is 4.90 Å². The first kappa shape index (κ1) is 13.9. The van der Waals surface area contributed by atoms with E-state index in [0.29, 0.717) is 4.48 Å². The van der Waals surface area contributed by atoms with E-state index in [1.807, 2.05) is 0 Å². The molecule has 3 N–H and O–H groups in total. The maximum absolute atomic E-state index is 11.8. The van der Waals surface area contributed by atoms with Gasteiger partial charge in [-0.05, 0) is 6.07 Å². The van der Waals surface area contributed by atoms with E-state index in [2.05, 4.69) is 27.2 Å². The zero-order valence-corrected chi connectivity index (χ0v) is 11.5. The number of nitrogens with one attached hydrogen (secondary N) is 1. The van der Waals surface area contributed by atoms with Gasteiger partial charge in [0.2, 0.25) is 10.0 Å². The number of halogens is 1. The highest BCUT2D eigenvalue weighted by molar-refractivity contribution is 9.11. The average Bonchev–Trinajstić information content (AvgIpc) is 2.58. The van der Waals surface area contributed by atoms with Gasteiger partial charge in [-0.15, -0.1) is 0 Å². The summed E-state index contributed by atoms with van der Waals surface area (Å²) in [5, 5.41) is 0. The molecule has 0 unspecified atom stereocenters. The molecule has 0 atom stereocenters. The highest BCUT2D eigenvalue weighted by Crippen LogP contribution is 2.13. The first-order valence-corrected chi connectivity index (χ1v) is 6.81. The second-order valence-corrected chi connectivity index (χ2v) is 6.27. The number of aryl methyl sites for hydroxylation is 1. The monoisotopic (exact) mass is 321 g/mol. The van der Waals surface area contributed by atoms with Crippen LogP contribution in [0.3, 0.4) is 0 Å². The first-order valence-electron chi connectivity index (χ1n) is 4.53. The Bertz CT molecular complexity index is 562. The molecule has 1 heterocycles. The van der Waals surface area contributed by atoms with E-state index >= 15 is 0 Å². The third-order valence-electron chi connectivity index (χ3n) is 2.00. The fourth-order valence-corrected chi connectivity index (χ4v) is 2.60. The summed E-state index contributed by atoms with van der Waals surface area (Å²) in [7, 11) is -2.12. The second-order valence-electron chi connectivity index (χ2n) is 3.38. The lowest BCUT2D eigenvalue weighted by molar-refractivity contribution is 0.0992. The Morgan fingerprint density at radius 1 is 1.65 bits per heavy atom. The van der Waals surface area contributed by atoms with E-state index < -0.39 is 15.9 Å². The summed E-state index contributed by atoms with van der Waals surface area (Å²) in [5.74, 6) is -0.682. The summed E-state index contributed by atoms with van der Waals surface area (Å²) in [4.78, 5) is 11.0. The molecule has 0 saturated heterocycles. The lowest BCUT2D eigenvalue weighted by Gasteiger charge is -2.02. The van der Waals surface area contributed by atoms with Gasteiger partial charge in [0.15, 0.2) is 0 Å². The Kier molecular flexibility index (Phi) is 4.12. The number of sulfonamides is 1. The van der Waals surface area contributed by atoms with E-state index in [0.717, 1.165) is 0 Å². The summed E-state index contributed by atoms with van der Waals surface area (Å²) in [6.45, 7) is 3.59. The van der Waals surface area contributed by atoms with Gasteiger partial charge < -0.3 is 10.3 Å². The Morgan fingerprint density at radius 3 is 2.65 bits per heavy atom. The summed E-state index contributed by atoms with van der Waals surface area (Å²) in [6.07, 6.45) is 1.32. The topological polar surface area (TPSA) is 94.2 Å². The number of nitrogens with zero attached hydrogens (tertiary/aromatic N) is 1. The molecule has 0 radical (unpaired) electrons. The van der Waals surface area contributed by atoms with Crippen molar-refractivity contribution in [2.24, 2.45) is 12.8 Å². The molecular formula is C9H12BrN3O3S. The van der Waals surface area contributed by atoms with Crippen molar-refractivity contribution in [3.63, 3.8) is 0 Å². The van der Waals surface area contributed by atoms with Gasteiger partial charge in [-0.2, -0.15) is 0 Å². The summed E-state index contributed by atoms with van der Waals surface area (Å²) >= 11 is 3.04. The van der Waals surface area contributed by atoms with Crippen molar-refractivity contribution in [1.29, 1.82) is 0 Å². The number of carbonyl (C=O) groups excluding carboxylic acids is 1. The van der Waals surface area contributed by atoms with Crippen LogP contribution in [-0.4, -0.2) is 25.4 Å².